The summed E-state index contributed by atoms with van der Waals surface area (Å²) >= 11 is 10.3. The fourth-order valence-electron chi connectivity index (χ4n) is 0.829. The van der Waals surface area contributed by atoms with Gasteiger partial charge in [0.1, 0.15) is 5.15 Å². The number of carbonyl (C=O) groups excluding carboxylic acids is 1. The Balaban J connectivity index is 3.40. The Morgan fingerprint density at radius 3 is 2.57 bits per heavy atom. The summed E-state index contributed by atoms with van der Waals surface area (Å²) in [5.74, 6) is -0.940. The summed E-state index contributed by atoms with van der Waals surface area (Å²) < 4.78 is 24.5. The molecule has 0 amide bonds. The van der Waals surface area contributed by atoms with Gasteiger partial charge in [0, 0.05) is 0 Å². The topological polar surface area (TPSA) is 50.2 Å². The van der Waals surface area contributed by atoms with Crippen LogP contribution in [0, 0.1) is 0 Å². The second-order valence-corrected chi connectivity index (χ2v) is 3.04. The minimum Gasteiger partial charge on any atom is -0.505 e. The molecule has 0 spiro atoms. The van der Waals surface area contributed by atoms with Crippen molar-refractivity contribution in [3.8, 4) is 5.75 Å². The van der Waals surface area contributed by atoms with Crippen molar-refractivity contribution in [1.82, 2.24) is 4.98 Å². The SMILES string of the molecule is O=C(Cl)c1nc(Cl)cc(C(F)F)c1O. The predicted octanol–water partition coefficient (Wildman–Crippen LogP) is 2.76. The average molecular weight is 242 g/mol. The van der Waals surface area contributed by atoms with Crippen LogP contribution in [0.25, 0.3) is 0 Å². The lowest BCUT2D eigenvalue weighted by Gasteiger charge is -2.05. The van der Waals surface area contributed by atoms with E-state index in [2.05, 4.69) is 4.98 Å². The maximum atomic E-state index is 12.3. The first-order chi connectivity index (χ1) is 6.43. The second-order valence-electron chi connectivity index (χ2n) is 2.31. The predicted molar refractivity (Wildman–Crippen MR) is 46.1 cm³/mol. The van der Waals surface area contributed by atoms with E-state index < -0.39 is 28.7 Å². The lowest BCUT2D eigenvalue weighted by molar-refractivity contribution is 0.107. The monoisotopic (exact) mass is 241 g/mol. The zero-order valence-electron chi connectivity index (χ0n) is 6.47. The van der Waals surface area contributed by atoms with Crippen molar-refractivity contribution in [3.05, 3.63) is 22.5 Å². The molecule has 14 heavy (non-hydrogen) atoms. The molecular formula is C7H3Cl2F2NO2. The third-order valence-corrected chi connectivity index (χ3v) is 1.78. The summed E-state index contributed by atoms with van der Waals surface area (Å²) in [6.45, 7) is 0. The molecule has 1 aromatic heterocycles. The zero-order chi connectivity index (χ0) is 10.9. The number of hydrogen-bond donors (Lipinski definition) is 1. The molecule has 7 heteroatoms. The van der Waals surface area contributed by atoms with Crippen LogP contribution in [-0.4, -0.2) is 15.3 Å². The Kier molecular flexibility index (Phi) is 3.23. The molecule has 0 unspecified atom stereocenters. The van der Waals surface area contributed by atoms with Crippen molar-refractivity contribution in [3.63, 3.8) is 0 Å². The molecule has 0 aliphatic carbocycles. The molecule has 76 valence electrons. The molecule has 3 nitrogen and oxygen atoms in total. The largest absolute Gasteiger partial charge is 0.505 e. The van der Waals surface area contributed by atoms with Gasteiger partial charge in [-0.1, -0.05) is 11.6 Å². The van der Waals surface area contributed by atoms with Gasteiger partial charge in [-0.2, -0.15) is 0 Å². The highest BCUT2D eigenvalue weighted by Gasteiger charge is 2.21. The number of nitrogens with zero attached hydrogens (tertiary/aromatic N) is 1. The van der Waals surface area contributed by atoms with E-state index in [9.17, 15) is 13.6 Å². The van der Waals surface area contributed by atoms with Gasteiger partial charge < -0.3 is 5.11 Å². The molecule has 0 saturated carbocycles. The van der Waals surface area contributed by atoms with Gasteiger partial charge >= 0.3 is 0 Å². The van der Waals surface area contributed by atoms with Crippen LogP contribution in [0.1, 0.15) is 22.5 Å². The smallest absolute Gasteiger partial charge is 0.274 e. The Morgan fingerprint density at radius 1 is 1.57 bits per heavy atom. The Bertz CT molecular complexity index is 384. The van der Waals surface area contributed by atoms with Gasteiger partial charge in [0.05, 0.1) is 5.56 Å². The Morgan fingerprint density at radius 2 is 2.14 bits per heavy atom. The van der Waals surface area contributed by atoms with Crippen LogP contribution in [0.3, 0.4) is 0 Å². The van der Waals surface area contributed by atoms with Crippen LogP contribution in [0.15, 0.2) is 6.07 Å². The molecule has 0 fully saturated rings. The summed E-state index contributed by atoms with van der Waals surface area (Å²) in [5, 5.41) is 7.67. The van der Waals surface area contributed by atoms with Gasteiger partial charge in [0.15, 0.2) is 11.4 Å². The lowest BCUT2D eigenvalue weighted by Crippen LogP contribution is -1.99. The zero-order valence-corrected chi connectivity index (χ0v) is 7.98. The molecule has 1 aromatic rings. The van der Waals surface area contributed by atoms with Crippen molar-refractivity contribution in [2.45, 2.75) is 6.43 Å². The van der Waals surface area contributed by atoms with Gasteiger partial charge in [0.2, 0.25) is 0 Å². The fourth-order valence-corrected chi connectivity index (χ4v) is 1.16. The quantitative estimate of drug-likeness (QED) is 0.640. The molecule has 0 aliphatic rings. The maximum absolute atomic E-state index is 12.3. The van der Waals surface area contributed by atoms with Crippen LogP contribution in [0.2, 0.25) is 5.15 Å². The van der Waals surface area contributed by atoms with E-state index in [1.54, 1.807) is 0 Å². The normalized spacial score (nSPS) is 10.6. The van der Waals surface area contributed by atoms with Crippen LogP contribution < -0.4 is 0 Å². The minimum atomic E-state index is -2.95. The van der Waals surface area contributed by atoms with Gasteiger partial charge in [-0.25, -0.2) is 13.8 Å². The van der Waals surface area contributed by atoms with Crippen LogP contribution >= 0.6 is 23.2 Å². The van der Waals surface area contributed by atoms with E-state index in [0.717, 1.165) is 6.07 Å². The number of alkyl halides is 2. The third kappa shape index (κ3) is 2.10. The van der Waals surface area contributed by atoms with E-state index in [1.165, 1.54) is 0 Å². The van der Waals surface area contributed by atoms with Crippen molar-refractivity contribution >= 4 is 28.4 Å². The van der Waals surface area contributed by atoms with Crippen molar-refractivity contribution in [2.24, 2.45) is 0 Å². The van der Waals surface area contributed by atoms with E-state index in [4.69, 9.17) is 28.3 Å². The molecule has 1 heterocycles. The van der Waals surface area contributed by atoms with Gasteiger partial charge in [-0.15, -0.1) is 0 Å². The molecule has 0 saturated heterocycles. The average Bonchev–Trinajstić information content (AvgIpc) is 2.07. The second kappa shape index (κ2) is 4.06. The molecule has 0 atom stereocenters. The first-order valence-corrected chi connectivity index (χ1v) is 4.06. The van der Waals surface area contributed by atoms with Gasteiger partial charge in [0.25, 0.3) is 11.7 Å². The number of pyridine rings is 1. The minimum absolute atomic E-state index is 0.331. The molecular weight excluding hydrogens is 239 g/mol. The number of hydrogen-bond acceptors (Lipinski definition) is 3. The van der Waals surface area contributed by atoms with Crippen LogP contribution in [0.4, 0.5) is 8.78 Å². The number of aromatic nitrogens is 1. The van der Waals surface area contributed by atoms with Crippen molar-refractivity contribution in [1.29, 1.82) is 0 Å². The molecule has 0 aromatic carbocycles. The number of rotatable bonds is 2. The Hall–Kier alpha value is -0.940. The van der Waals surface area contributed by atoms with Crippen molar-refractivity contribution < 1.29 is 18.7 Å². The van der Waals surface area contributed by atoms with Crippen LogP contribution in [0.5, 0.6) is 5.75 Å². The lowest BCUT2D eigenvalue weighted by atomic mass is 10.2. The highest BCUT2D eigenvalue weighted by atomic mass is 35.5. The molecule has 1 N–H and O–H groups in total. The van der Waals surface area contributed by atoms with E-state index >= 15 is 0 Å². The van der Waals surface area contributed by atoms with E-state index in [-0.39, 0.29) is 5.15 Å². The summed E-state index contributed by atoms with van der Waals surface area (Å²) in [7, 11) is 0. The van der Waals surface area contributed by atoms with E-state index in [0.29, 0.717) is 0 Å². The van der Waals surface area contributed by atoms with Crippen LogP contribution in [-0.2, 0) is 0 Å². The van der Waals surface area contributed by atoms with E-state index in [1.807, 2.05) is 0 Å². The highest BCUT2D eigenvalue weighted by molar-refractivity contribution is 6.67. The molecule has 0 aliphatic heterocycles. The standard InChI is InChI=1S/C7H3Cl2F2NO2/c8-3-1-2(7(10)11)5(13)4(12-3)6(9)14/h1,7,13H. The Labute approximate surface area is 87.3 Å². The molecule has 0 bridgehead atoms. The summed E-state index contributed by atoms with van der Waals surface area (Å²) in [5.41, 5.74) is -1.44. The highest BCUT2D eigenvalue weighted by Crippen LogP contribution is 2.32. The van der Waals surface area contributed by atoms with Gasteiger partial charge in [-0.3, -0.25) is 4.79 Å². The first-order valence-electron chi connectivity index (χ1n) is 3.31. The fraction of sp³-hybridized carbons (Fsp3) is 0.143. The third-order valence-electron chi connectivity index (χ3n) is 1.41. The van der Waals surface area contributed by atoms with Gasteiger partial charge in [-0.05, 0) is 17.7 Å². The number of carbonyl (C=O) groups is 1. The summed E-state index contributed by atoms with van der Waals surface area (Å²) in [4.78, 5) is 13.9. The first kappa shape index (κ1) is 11.1. The summed E-state index contributed by atoms with van der Waals surface area (Å²) in [6.07, 6.45) is -2.95. The maximum Gasteiger partial charge on any atom is 0.274 e. The molecule has 0 radical (unpaired) electrons. The summed E-state index contributed by atoms with van der Waals surface area (Å²) in [6, 6.07) is 0.769. The number of aromatic hydroxyl groups is 1. The number of halogens is 4. The molecule has 1 rings (SSSR count). The van der Waals surface area contributed by atoms with Crippen molar-refractivity contribution in [2.75, 3.05) is 0 Å².